The van der Waals surface area contributed by atoms with Crippen molar-refractivity contribution in [1.82, 2.24) is 29.5 Å². The molecule has 4 heterocycles. The molecule has 0 radical (unpaired) electrons. The standard InChI is InChI=1S/C14H11ClFN3.C14H12FN3O/c1-8-13-12(19(2)18-8)7-11(17-14(13)15)9-3-5-10(16)6-4-9;1-8-13-12(18(2)17-8)7-11(16-14(13)19)9-3-5-10(15)6-4-9/h3-7H,1-2H3;3-7H,1-2H3,(H,16,19). The number of nitrogens with one attached hydrogen (secondary N) is 1. The maximum atomic E-state index is 12.9. The van der Waals surface area contributed by atoms with Crippen LogP contribution in [0.25, 0.3) is 44.3 Å². The average molecular weight is 533 g/mol. The highest BCUT2D eigenvalue weighted by atomic mass is 35.5. The number of aromatic amines is 1. The molecule has 4 aromatic heterocycles. The van der Waals surface area contributed by atoms with Crippen molar-refractivity contribution in [3.05, 3.63) is 99.2 Å². The monoisotopic (exact) mass is 532 g/mol. The van der Waals surface area contributed by atoms with Gasteiger partial charge >= 0.3 is 0 Å². The molecule has 0 unspecified atom stereocenters. The second-order valence-electron chi connectivity index (χ2n) is 8.90. The van der Waals surface area contributed by atoms with Crippen LogP contribution in [0, 0.1) is 25.5 Å². The molecule has 1 N–H and O–H groups in total. The van der Waals surface area contributed by atoms with Crippen LogP contribution < -0.4 is 5.56 Å². The average Bonchev–Trinajstić information content (AvgIpc) is 3.34. The molecule has 0 saturated heterocycles. The molecule has 10 heteroatoms. The minimum absolute atomic E-state index is 0.178. The highest BCUT2D eigenvalue weighted by Crippen LogP contribution is 2.29. The van der Waals surface area contributed by atoms with E-state index in [4.69, 9.17) is 11.6 Å². The topological polar surface area (TPSA) is 81.4 Å². The van der Waals surface area contributed by atoms with E-state index in [1.807, 2.05) is 26.1 Å². The number of fused-ring (bicyclic) bond motifs is 2. The third-order valence-corrected chi connectivity index (χ3v) is 6.56. The van der Waals surface area contributed by atoms with Crippen molar-refractivity contribution in [1.29, 1.82) is 0 Å². The number of nitrogens with zero attached hydrogens (tertiary/aromatic N) is 5. The predicted molar refractivity (Wildman–Crippen MR) is 145 cm³/mol. The Morgan fingerprint density at radius 2 is 1.26 bits per heavy atom. The van der Waals surface area contributed by atoms with Gasteiger partial charge in [-0.15, -0.1) is 0 Å². The molecule has 0 spiro atoms. The van der Waals surface area contributed by atoms with E-state index in [2.05, 4.69) is 20.2 Å². The fraction of sp³-hybridized carbons (Fsp3) is 0.143. The summed E-state index contributed by atoms with van der Waals surface area (Å²) in [5.41, 5.74) is 5.99. The Labute approximate surface area is 221 Å². The lowest BCUT2D eigenvalue weighted by Crippen LogP contribution is -2.07. The predicted octanol–water partition coefficient (Wildman–Crippen LogP) is 6.11. The largest absolute Gasteiger partial charge is 0.321 e. The summed E-state index contributed by atoms with van der Waals surface area (Å²) in [6.45, 7) is 3.70. The number of halogens is 3. The highest BCUT2D eigenvalue weighted by molar-refractivity contribution is 6.34. The Morgan fingerprint density at radius 3 is 1.84 bits per heavy atom. The lowest BCUT2D eigenvalue weighted by molar-refractivity contribution is 0.627. The number of aryl methyl sites for hydroxylation is 4. The normalized spacial score (nSPS) is 11.1. The SMILES string of the molecule is Cc1nn(C)c2cc(-c3ccc(F)cc3)[nH]c(=O)c12.Cc1nn(C)c2cc(-c3ccc(F)cc3)nc(Cl)c12. The van der Waals surface area contributed by atoms with Crippen LogP contribution in [0.5, 0.6) is 0 Å². The number of H-pyrrole nitrogens is 1. The van der Waals surface area contributed by atoms with Gasteiger partial charge in [-0.3, -0.25) is 14.2 Å². The van der Waals surface area contributed by atoms with Gasteiger partial charge in [0, 0.05) is 19.7 Å². The zero-order valence-corrected chi connectivity index (χ0v) is 21.8. The molecule has 0 fully saturated rings. The van der Waals surface area contributed by atoms with Gasteiger partial charge in [0.1, 0.15) is 16.8 Å². The van der Waals surface area contributed by atoms with Crippen molar-refractivity contribution in [2.75, 3.05) is 0 Å². The molecule has 0 aliphatic heterocycles. The quantitative estimate of drug-likeness (QED) is 0.273. The fourth-order valence-corrected chi connectivity index (χ4v) is 4.78. The summed E-state index contributed by atoms with van der Waals surface area (Å²) in [6, 6.07) is 15.9. The van der Waals surface area contributed by atoms with E-state index in [1.165, 1.54) is 24.3 Å². The van der Waals surface area contributed by atoms with Crippen molar-refractivity contribution in [3.8, 4) is 22.5 Å². The summed E-state index contributed by atoms with van der Waals surface area (Å²) < 4.78 is 29.3. The van der Waals surface area contributed by atoms with Crippen LogP contribution in [-0.4, -0.2) is 29.5 Å². The van der Waals surface area contributed by atoms with Crippen molar-refractivity contribution < 1.29 is 8.78 Å². The molecule has 0 aliphatic rings. The molecule has 192 valence electrons. The number of benzene rings is 2. The van der Waals surface area contributed by atoms with Crippen LogP contribution in [0.3, 0.4) is 0 Å². The van der Waals surface area contributed by atoms with E-state index < -0.39 is 0 Å². The van der Waals surface area contributed by atoms with Crippen LogP contribution in [0.4, 0.5) is 8.78 Å². The molecule has 6 aromatic rings. The second-order valence-corrected chi connectivity index (χ2v) is 9.25. The lowest BCUT2D eigenvalue weighted by Gasteiger charge is -2.04. The van der Waals surface area contributed by atoms with E-state index in [0.717, 1.165) is 33.2 Å². The number of aromatic nitrogens is 6. The van der Waals surface area contributed by atoms with Crippen molar-refractivity contribution in [3.63, 3.8) is 0 Å². The molecule has 0 aliphatic carbocycles. The van der Waals surface area contributed by atoms with Gasteiger partial charge < -0.3 is 4.98 Å². The smallest absolute Gasteiger partial charge is 0.259 e. The number of hydrogen-bond donors (Lipinski definition) is 1. The molecule has 7 nitrogen and oxygen atoms in total. The van der Waals surface area contributed by atoms with Gasteiger partial charge in [-0.2, -0.15) is 10.2 Å². The Kier molecular flexibility index (Phi) is 6.54. The van der Waals surface area contributed by atoms with Crippen molar-refractivity contribution in [2.45, 2.75) is 13.8 Å². The molecule has 2 aromatic carbocycles. The number of rotatable bonds is 2. The molecule has 0 saturated carbocycles. The summed E-state index contributed by atoms with van der Waals surface area (Å²) in [4.78, 5) is 19.3. The van der Waals surface area contributed by atoms with Gasteiger partial charge in [0.2, 0.25) is 0 Å². The highest BCUT2D eigenvalue weighted by Gasteiger charge is 2.13. The summed E-state index contributed by atoms with van der Waals surface area (Å²) in [6.07, 6.45) is 0. The Balaban J connectivity index is 0.000000155. The Hall–Kier alpha value is -4.37. The van der Waals surface area contributed by atoms with Crippen molar-refractivity contribution in [2.24, 2.45) is 14.1 Å². The summed E-state index contributed by atoms with van der Waals surface area (Å²) in [5.74, 6) is -0.573. The van der Waals surface area contributed by atoms with Crippen LogP contribution in [0.15, 0.2) is 65.5 Å². The van der Waals surface area contributed by atoms with Gasteiger partial charge in [-0.05, 0) is 80.1 Å². The van der Waals surface area contributed by atoms with Crippen LogP contribution >= 0.6 is 11.6 Å². The molecule has 6 rings (SSSR count). The zero-order chi connectivity index (χ0) is 27.1. The van der Waals surface area contributed by atoms with Crippen molar-refractivity contribution >= 4 is 33.4 Å². The van der Waals surface area contributed by atoms with Crippen LogP contribution in [0.2, 0.25) is 5.15 Å². The minimum atomic E-state index is -0.302. The fourth-order valence-electron chi connectivity index (χ4n) is 4.45. The first kappa shape index (κ1) is 25.3. The van der Waals surface area contributed by atoms with Gasteiger partial charge in [0.15, 0.2) is 0 Å². The van der Waals surface area contributed by atoms with E-state index in [0.29, 0.717) is 27.6 Å². The van der Waals surface area contributed by atoms with E-state index >= 15 is 0 Å². The van der Waals surface area contributed by atoms with Gasteiger partial charge in [-0.1, -0.05) is 11.6 Å². The molecule has 38 heavy (non-hydrogen) atoms. The van der Waals surface area contributed by atoms with Gasteiger partial charge in [-0.25, -0.2) is 13.8 Å². The van der Waals surface area contributed by atoms with E-state index in [1.54, 1.807) is 47.6 Å². The molecular weight excluding hydrogens is 510 g/mol. The first-order valence-electron chi connectivity index (χ1n) is 11.7. The molecular formula is C28H23ClF2N6O. The Morgan fingerprint density at radius 1 is 0.763 bits per heavy atom. The van der Waals surface area contributed by atoms with Crippen LogP contribution in [-0.2, 0) is 14.1 Å². The maximum Gasteiger partial charge on any atom is 0.259 e. The van der Waals surface area contributed by atoms with Crippen LogP contribution in [0.1, 0.15) is 11.4 Å². The maximum absolute atomic E-state index is 12.9. The van der Waals surface area contributed by atoms with Gasteiger partial charge in [0.25, 0.3) is 5.56 Å². The zero-order valence-electron chi connectivity index (χ0n) is 21.1. The summed E-state index contributed by atoms with van der Waals surface area (Å²) in [7, 11) is 3.66. The Bertz CT molecular complexity index is 1850. The van der Waals surface area contributed by atoms with E-state index in [9.17, 15) is 13.6 Å². The molecule has 0 amide bonds. The molecule has 0 atom stereocenters. The third kappa shape index (κ3) is 4.68. The number of hydrogen-bond acceptors (Lipinski definition) is 4. The summed E-state index contributed by atoms with van der Waals surface area (Å²) in [5, 5.41) is 10.4. The molecule has 0 bridgehead atoms. The second kappa shape index (κ2) is 9.83. The number of pyridine rings is 2. The first-order valence-corrected chi connectivity index (χ1v) is 12.1. The minimum Gasteiger partial charge on any atom is -0.321 e. The third-order valence-electron chi connectivity index (χ3n) is 6.28. The summed E-state index contributed by atoms with van der Waals surface area (Å²) >= 11 is 6.22. The first-order chi connectivity index (χ1) is 18.1. The lowest BCUT2D eigenvalue weighted by atomic mass is 10.1. The van der Waals surface area contributed by atoms with Gasteiger partial charge in [0.05, 0.1) is 44.6 Å². The van der Waals surface area contributed by atoms with E-state index in [-0.39, 0.29) is 17.2 Å².